The van der Waals surface area contributed by atoms with Gasteiger partial charge in [-0.15, -0.1) is 40.8 Å². The number of aryl methyl sites for hydroxylation is 2. The fraction of sp³-hybridized carbons (Fsp3) is 0.407. The van der Waals surface area contributed by atoms with Crippen molar-refractivity contribution in [3.8, 4) is 0 Å². The standard InChI is InChI=1S/C13H16N6O2.C10H14N2O2.C4H6N4S/c1-8(12(20)21)5-11-4-3-10(6-14-11)7-15-13-18-16-9(2)17-19-13;1-7(10(13)14)4-9-3-2-8(5-11)6-12-9;1-3-5-7-4(9-2)8-6-3/h3-4,6,8H,5,7H2,1-2H3,(H,20,21)(H,15,18,19);2-3,6-7H,4-5,11H2,1H3,(H,13,14);1-2H3/t8-;7-;/m00./s1. The highest BCUT2D eigenvalue weighted by molar-refractivity contribution is 7.98. The molecule has 0 saturated heterocycles. The average Bonchev–Trinajstić information content (AvgIpc) is 3.02. The van der Waals surface area contributed by atoms with Crippen LogP contribution in [0.4, 0.5) is 5.95 Å². The highest BCUT2D eigenvalue weighted by Crippen LogP contribution is 2.09. The summed E-state index contributed by atoms with van der Waals surface area (Å²) in [5, 5.41) is 51.3. The molecule has 0 bridgehead atoms. The number of carboxylic acids is 2. The number of nitrogens with zero attached hydrogens (tertiary/aromatic N) is 10. The van der Waals surface area contributed by atoms with Gasteiger partial charge in [0.2, 0.25) is 5.16 Å². The van der Waals surface area contributed by atoms with Crippen LogP contribution in [0.2, 0.25) is 0 Å². The third kappa shape index (κ3) is 13.5. The van der Waals surface area contributed by atoms with Crippen LogP contribution in [0.3, 0.4) is 0 Å². The van der Waals surface area contributed by atoms with Gasteiger partial charge in [-0.1, -0.05) is 37.7 Å². The monoisotopic (exact) mass is 624 g/mol. The Labute approximate surface area is 258 Å². The van der Waals surface area contributed by atoms with Crippen LogP contribution in [-0.4, -0.2) is 79.2 Å². The van der Waals surface area contributed by atoms with Gasteiger partial charge in [-0.05, 0) is 43.4 Å². The maximum atomic E-state index is 10.8. The minimum absolute atomic E-state index is 0.351. The quantitative estimate of drug-likeness (QED) is 0.174. The van der Waals surface area contributed by atoms with Crippen LogP contribution in [0.25, 0.3) is 0 Å². The number of carboxylic acid groups (broad SMARTS) is 2. The summed E-state index contributed by atoms with van der Waals surface area (Å²) in [7, 11) is 0. The molecule has 234 valence electrons. The molecular formula is C27H36N12O4S. The van der Waals surface area contributed by atoms with Crippen LogP contribution in [0.1, 0.15) is 48.0 Å². The summed E-state index contributed by atoms with van der Waals surface area (Å²) in [6.07, 6.45) is 6.14. The lowest BCUT2D eigenvalue weighted by molar-refractivity contribution is -0.142. The van der Waals surface area contributed by atoms with Gasteiger partial charge >= 0.3 is 11.9 Å². The zero-order chi connectivity index (χ0) is 32.5. The summed E-state index contributed by atoms with van der Waals surface area (Å²) < 4.78 is 0. The van der Waals surface area contributed by atoms with Gasteiger partial charge in [-0.3, -0.25) is 19.6 Å². The summed E-state index contributed by atoms with van der Waals surface area (Å²) in [5.41, 5.74) is 8.85. The van der Waals surface area contributed by atoms with E-state index in [9.17, 15) is 9.59 Å². The Morgan fingerprint density at radius 3 is 1.61 bits per heavy atom. The van der Waals surface area contributed by atoms with Crippen molar-refractivity contribution in [2.75, 3.05) is 11.6 Å². The molecule has 0 aliphatic heterocycles. The second-order valence-corrected chi connectivity index (χ2v) is 10.2. The van der Waals surface area contributed by atoms with Crippen molar-refractivity contribution in [3.63, 3.8) is 0 Å². The Morgan fingerprint density at radius 1 is 0.773 bits per heavy atom. The van der Waals surface area contributed by atoms with Crippen molar-refractivity contribution in [3.05, 3.63) is 70.8 Å². The molecule has 4 aromatic heterocycles. The lowest BCUT2D eigenvalue weighted by atomic mass is 10.1. The minimum atomic E-state index is -0.820. The molecule has 0 radical (unpaired) electrons. The predicted molar refractivity (Wildman–Crippen MR) is 161 cm³/mol. The fourth-order valence-corrected chi connectivity index (χ4v) is 3.31. The van der Waals surface area contributed by atoms with Gasteiger partial charge < -0.3 is 21.3 Å². The average molecular weight is 625 g/mol. The molecule has 0 aliphatic carbocycles. The van der Waals surface area contributed by atoms with Gasteiger partial charge in [-0.25, -0.2) is 0 Å². The van der Waals surface area contributed by atoms with Gasteiger partial charge in [-0.2, -0.15) is 0 Å². The molecular weight excluding hydrogens is 588 g/mol. The van der Waals surface area contributed by atoms with Gasteiger partial charge in [0.25, 0.3) is 5.95 Å². The smallest absolute Gasteiger partial charge is 0.306 e. The molecule has 0 amide bonds. The van der Waals surface area contributed by atoms with Gasteiger partial charge in [0, 0.05) is 49.7 Å². The number of nitrogens with one attached hydrogen (secondary N) is 1. The Bertz CT molecular complexity index is 1430. The molecule has 0 unspecified atom stereocenters. The SMILES string of the molecule is CSc1nnc(C)nn1.C[C@@H](Cc1ccc(CN)cn1)C(=O)O.Cc1nnc(NCc2ccc(C[C@H](C)C(=O)O)nc2)nn1. The first-order chi connectivity index (χ1) is 21.0. The number of carbonyl (C=O) groups is 2. The van der Waals surface area contributed by atoms with E-state index in [4.69, 9.17) is 15.9 Å². The molecule has 0 aliphatic rings. The van der Waals surface area contributed by atoms with Crippen LogP contribution in [0.15, 0.2) is 41.8 Å². The lowest BCUT2D eigenvalue weighted by Gasteiger charge is -2.07. The normalized spacial score (nSPS) is 11.6. The number of aliphatic carboxylic acids is 2. The number of nitrogens with two attached hydrogens (primary N) is 1. The molecule has 44 heavy (non-hydrogen) atoms. The fourth-order valence-electron chi connectivity index (χ4n) is 3.06. The predicted octanol–water partition coefficient (Wildman–Crippen LogP) is 1.95. The number of anilines is 1. The molecule has 0 fully saturated rings. The highest BCUT2D eigenvalue weighted by atomic mass is 32.2. The van der Waals surface area contributed by atoms with Crippen molar-refractivity contribution < 1.29 is 19.8 Å². The molecule has 16 nitrogen and oxygen atoms in total. The van der Waals surface area contributed by atoms with E-state index in [1.54, 1.807) is 40.1 Å². The molecule has 0 spiro atoms. The van der Waals surface area contributed by atoms with E-state index in [1.807, 2.05) is 30.5 Å². The molecule has 0 aromatic carbocycles. The number of hydrogen-bond acceptors (Lipinski definition) is 15. The minimum Gasteiger partial charge on any atom is -0.481 e. The van der Waals surface area contributed by atoms with E-state index in [0.29, 0.717) is 48.7 Å². The van der Waals surface area contributed by atoms with Crippen LogP contribution >= 0.6 is 11.8 Å². The first kappa shape index (κ1) is 35.4. The van der Waals surface area contributed by atoms with E-state index >= 15 is 0 Å². The maximum Gasteiger partial charge on any atom is 0.306 e. The zero-order valence-electron chi connectivity index (χ0n) is 25.1. The number of hydrogen-bond donors (Lipinski definition) is 4. The van der Waals surface area contributed by atoms with E-state index in [-0.39, 0.29) is 0 Å². The molecule has 0 saturated carbocycles. The summed E-state index contributed by atoms with van der Waals surface area (Å²) in [4.78, 5) is 29.7. The molecule has 2 atom stereocenters. The first-order valence-corrected chi connectivity index (χ1v) is 14.6. The summed E-state index contributed by atoms with van der Waals surface area (Å²) >= 11 is 1.43. The summed E-state index contributed by atoms with van der Waals surface area (Å²) in [5.74, 6) is -0.990. The van der Waals surface area contributed by atoms with E-state index in [1.165, 1.54) is 11.8 Å². The van der Waals surface area contributed by atoms with E-state index < -0.39 is 23.8 Å². The summed E-state index contributed by atoms with van der Waals surface area (Å²) in [6, 6.07) is 7.40. The number of thioether (sulfide) groups is 1. The van der Waals surface area contributed by atoms with Gasteiger partial charge in [0.1, 0.15) is 0 Å². The molecule has 4 aromatic rings. The van der Waals surface area contributed by atoms with Crippen molar-refractivity contribution in [1.82, 2.24) is 50.8 Å². The lowest BCUT2D eigenvalue weighted by Crippen LogP contribution is -2.13. The van der Waals surface area contributed by atoms with Crippen molar-refractivity contribution in [1.29, 1.82) is 0 Å². The third-order valence-electron chi connectivity index (χ3n) is 5.65. The number of rotatable bonds is 11. The Kier molecular flexibility index (Phi) is 15.1. The Balaban J connectivity index is 0.000000252. The van der Waals surface area contributed by atoms with Crippen LogP contribution in [0.5, 0.6) is 0 Å². The molecule has 17 heteroatoms. The molecule has 4 heterocycles. The zero-order valence-corrected chi connectivity index (χ0v) is 25.9. The van der Waals surface area contributed by atoms with Gasteiger partial charge in [0.15, 0.2) is 11.6 Å². The third-order valence-corrected chi connectivity index (χ3v) is 6.18. The van der Waals surface area contributed by atoms with Crippen molar-refractivity contribution in [2.24, 2.45) is 17.6 Å². The summed E-state index contributed by atoms with van der Waals surface area (Å²) in [6.45, 7) is 7.75. The van der Waals surface area contributed by atoms with E-state index in [0.717, 1.165) is 22.5 Å². The van der Waals surface area contributed by atoms with Crippen LogP contribution in [0, 0.1) is 25.7 Å². The van der Waals surface area contributed by atoms with Crippen LogP contribution in [-0.2, 0) is 35.5 Å². The maximum absolute atomic E-state index is 10.8. The second kappa shape index (κ2) is 18.7. The topological polar surface area (TPSA) is 242 Å². The number of aromatic nitrogens is 10. The highest BCUT2D eigenvalue weighted by Gasteiger charge is 2.13. The van der Waals surface area contributed by atoms with Crippen molar-refractivity contribution in [2.45, 2.75) is 58.8 Å². The van der Waals surface area contributed by atoms with Gasteiger partial charge in [0.05, 0.1) is 11.8 Å². The number of pyridine rings is 2. The van der Waals surface area contributed by atoms with Crippen molar-refractivity contribution >= 4 is 29.6 Å². The first-order valence-electron chi connectivity index (χ1n) is 13.4. The molecule has 4 rings (SSSR count). The molecule has 5 N–H and O–H groups in total. The Morgan fingerprint density at radius 2 is 1.23 bits per heavy atom. The Hall–Kier alpha value is -4.77. The van der Waals surface area contributed by atoms with E-state index in [2.05, 4.69) is 56.1 Å². The second-order valence-electron chi connectivity index (χ2n) is 9.46. The largest absolute Gasteiger partial charge is 0.481 e. The van der Waals surface area contributed by atoms with Crippen LogP contribution < -0.4 is 11.1 Å².